The second-order valence-electron chi connectivity index (χ2n) is 5.52. The van der Waals surface area contributed by atoms with Gasteiger partial charge in [0.1, 0.15) is 0 Å². The van der Waals surface area contributed by atoms with Crippen LogP contribution in [0.15, 0.2) is 0 Å². The van der Waals surface area contributed by atoms with Gasteiger partial charge in [0.2, 0.25) is 5.91 Å². The van der Waals surface area contributed by atoms with E-state index in [0.717, 1.165) is 0 Å². The lowest BCUT2D eigenvalue weighted by Gasteiger charge is -2.30. The Balaban J connectivity index is 2.15. The molecule has 0 aliphatic heterocycles. The molecular formula is C13H23F3N2O. The van der Waals surface area contributed by atoms with Crippen LogP contribution in [-0.4, -0.2) is 30.7 Å². The Morgan fingerprint density at radius 2 is 1.79 bits per heavy atom. The summed E-state index contributed by atoms with van der Waals surface area (Å²) in [6.07, 6.45) is -2.22. The molecule has 0 aromatic carbocycles. The number of rotatable bonds is 5. The quantitative estimate of drug-likeness (QED) is 0.813. The molecule has 1 aliphatic rings. The van der Waals surface area contributed by atoms with E-state index < -0.39 is 12.1 Å². The maximum Gasteiger partial charge on any atom is 0.391 e. The number of nitrogens with one attached hydrogen (secondary N) is 2. The highest BCUT2D eigenvalue weighted by Gasteiger charge is 2.41. The Hall–Kier alpha value is -0.780. The molecule has 6 heteroatoms. The molecule has 0 saturated heterocycles. The Kier molecular flexibility index (Phi) is 6.10. The average Bonchev–Trinajstić information content (AvgIpc) is 2.27. The summed E-state index contributed by atoms with van der Waals surface area (Å²) in [4.78, 5) is 11.4. The van der Waals surface area contributed by atoms with Crippen LogP contribution in [0.4, 0.5) is 13.2 Å². The number of hydrogen-bond donors (Lipinski definition) is 2. The van der Waals surface area contributed by atoms with E-state index in [1.54, 1.807) is 0 Å². The molecule has 1 amide bonds. The van der Waals surface area contributed by atoms with E-state index in [4.69, 9.17) is 0 Å². The van der Waals surface area contributed by atoms with Crippen LogP contribution < -0.4 is 10.6 Å². The van der Waals surface area contributed by atoms with Gasteiger partial charge in [-0.15, -0.1) is 0 Å². The number of amides is 1. The van der Waals surface area contributed by atoms with Crippen LogP contribution in [0.3, 0.4) is 0 Å². The third-order valence-corrected chi connectivity index (χ3v) is 3.42. The van der Waals surface area contributed by atoms with Crippen LogP contribution in [0.5, 0.6) is 0 Å². The van der Waals surface area contributed by atoms with Crippen molar-refractivity contribution in [2.45, 2.75) is 64.2 Å². The summed E-state index contributed by atoms with van der Waals surface area (Å²) in [5.41, 5.74) is 0. The molecule has 1 saturated carbocycles. The molecule has 19 heavy (non-hydrogen) atoms. The van der Waals surface area contributed by atoms with Gasteiger partial charge in [-0.25, -0.2) is 0 Å². The molecule has 0 bridgehead atoms. The number of hydrogen-bond acceptors (Lipinski definition) is 2. The monoisotopic (exact) mass is 280 g/mol. The number of alkyl halides is 3. The largest absolute Gasteiger partial charge is 0.391 e. The van der Waals surface area contributed by atoms with Gasteiger partial charge in [0.25, 0.3) is 0 Å². The number of carbonyl (C=O) groups excluding carboxylic acids is 1. The normalized spacial score (nSPS) is 24.5. The van der Waals surface area contributed by atoms with Crippen molar-refractivity contribution in [2.24, 2.45) is 5.92 Å². The second-order valence-corrected chi connectivity index (χ2v) is 5.52. The standard InChI is InChI=1S/C13H23F3N2O/c1-9(2)18-12(19)7-8-17-11-5-3-10(4-6-11)13(14,15)16/h9-11,17H,3-8H2,1-2H3,(H,18,19). The molecule has 112 valence electrons. The zero-order chi connectivity index (χ0) is 14.5. The van der Waals surface area contributed by atoms with Gasteiger partial charge in [0, 0.05) is 25.0 Å². The van der Waals surface area contributed by atoms with E-state index >= 15 is 0 Å². The summed E-state index contributed by atoms with van der Waals surface area (Å²) in [6.45, 7) is 4.31. The number of halogens is 3. The molecule has 3 nitrogen and oxygen atoms in total. The summed E-state index contributed by atoms with van der Waals surface area (Å²) in [5.74, 6) is -1.17. The molecule has 0 aromatic heterocycles. The van der Waals surface area contributed by atoms with Crippen LogP contribution >= 0.6 is 0 Å². The molecular weight excluding hydrogens is 257 g/mol. The molecule has 0 unspecified atom stereocenters. The summed E-state index contributed by atoms with van der Waals surface area (Å²) in [6, 6.07) is 0.236. The van der Waals surface area contributed by atoms with Gasteiger partial charge in [-0.05, 0) is 39.5 Å². The predicted molar refractivity (Wildman–Crippen MR) is 67.7 cm³/mol. The maximum atomic E-state index is 12.5. The van der Waals surface area contributed by atoms with Gasteiger partial charge in [-0.3, -0.25) is 4.79 Å². The highest BCUT2D eigenvalue weighted by Crippen LogP contribution is 2.37. The first kappa shape index (κ1) is 16.3. The summed E-state index contributed by atoms with van der Waals surface area (Å²) >= 11 is 0. The van der Waals surface area contributed by atoms with Crippen molar-refractivity contribution in [1.29, 1.82) is 0 Å². The lowest BCUT2D eigenvalue weighted by atomic mass is 9.85. The van der Waals surface area contributed by atoms with E-state index in [1.165, 1.54) is 0 Å². The third kappa shape index (κ3) is 6.27. The molecule has 0 aromatic rings. The van der Waals surface area contributed by atoms with E-state index in [0.29, 0.717) is 25.8 Å². The van der Waals surface area contributed by atoms with E-state index in [1.807, 2.05) is 13.8 Å². The van der Waals surface area contributed by atoms with Gasteiger partial charge >= 0.3 is 6.18 Å². The Morgan fingerprint density at radius 3 is 2.26 bits per heavy atom. The van der Waals surface area contributed by atoms with E-state index in [-0.39, 0.29) is 30.8 Å². The first-order chi connectivity index (χ1) is 8.79. The van der Waals surface area contributed by atoms with Crippen LogP contribution in [0.1, 0.15) is 46.0 Å². The van der Waals surface area contributed by atoms with Crippen molar-refractivity contribution < 1.29 is 18.0 Å². The van der Waals surface area contributed by atoms with Gasteiger partial charge in [0.15, 0.2) is 0 Å². The zero-order valence-electron chi connectivity index (χ0n) is 11.5. The Bertz CT molecular complexity index is 284. The molecule has 2 N–H and O–H groups in total. The third-order valence-electron chi connectivity index (χ3n) is 3.42. The van der Waals surface area contributed by atoms with Crippen molar-refractivity contribution >= 4 is 5.91 Å². The summed E-state index contributed by atoms with van der Waals surface area (Å²) < 4.78 is 37.4. The van der Waals surface area contributed by atoms with Crippen LogP contribution in [0.2, 0.25) is 0 Å². The summed E-state index contributed by atoms with van der Waals surface area (Å²) in [5, 5.41) is 5.95. The smallest absolute Gasteiger partial charge is 0.354 e. The fourth-order valence-corrected chi connectivity index (χ4v) is 2.41. The molecule has 1 aliphatic carbocycles. The molecule has 0 radical (unpaired) electrons. The molecule has 1 fully saturated rings. The lowest BCUT2D eigenvalue weighted by Crippen LogP contribution is -2.39. The minimum absolute atomic E-state index is 0.0218. The van der Waals surface area contributed by atoms with Crippen molar-refractivity contribution in [1.82, 2.24) is 10.6 Å². The van der Waals surface area contributed by atoms with Gasteiger partial charge in [0.05, 0.1) is 5.92 Å². The fraction of sp³-hybridized carbons (Fsp3) is 0.923. The van der Waals surface area contributed by atoms with E-state index in [9.17, 15) is 18.0 Å². The fourth-order valence-electron chi connectivity index (χ4n) is 2.41. The van der Waals surface area contributed by atoms with Crippen molar-refractivity contribution in [2.75, 3.05) is 6.54 Å². The minimum atomic E-state index is -4.05. The first-order valence-electron chi connectivity index (χ1n) is 6.88. The number of carbonyl (C=O) groups is 1. The topological polar surface area (TPSA) is 41.1 Å². The van der Waals surface area contributed by atoms with Crippen LogP contribution in [0.25, 0.3) is 0 Å². The maximum absolute atomic E-state index is 12.5. The zero-order valence-corrected chi connectivity index (χ0v) is 11.5. The van der Waals surface area contributed by atoms with Gasteiger partial charge < -0.3 is 10.6 Å². The molecule has 0 spiro atoms. The average molecular weight is 280 g/mol. The van der Waals surface area contributed by atoms with Crippen LogP contribution in [0, 0.1) is 5.92 Å². The Labute approximate surface area is 112 Å². The van der Waals surface area contributed by atoms with Crippen molar-refractivity contribution in [3.05, 3.63) is 0 Å². The van der Waals surface area contributed by atoms with Crippen molar-refractivity contribution in [3.8, 4) is 0 Å². The molecule has 1 rings (SSSR count). The molecule has 0 atom stereocenters. The lowest BCUT2D eigenvalue weighted by molar-refractivity contribution is -0.182. The highest BCUT2D eigenvalue weighted by molar-refractivity contribution is 5.76. The van der Waals surface area contributed by atoms with Crippen molar-refractivity contribution in [3.63, 3.8) is 0 Å². The minimum Gasteiger partial charge on any atom is -0.354 e. The summed E-state index contributed by atoms with van der Waals surface area (Å²) in [7, 11) is 0. The van der Waals surface area contributed by atoms with E-state index in [2.05, 4.69) is 10.6 Å². The molecule has 0 heterocycles. The van der Waals surface area contributed by atoms with Gasteiger partial charge in [-0.1, -0.05) is 0 Å². The van der Waals surface area contributed by atoms with Crippen LogP contribution in [-0.2, 0) is 4.79 Å². The SMILES string of the molecule is CC(C)NC(=O)CCNC1CCC(C(F)(F)F)CC1. The van der Waals surface area contributed by atoms with Gasteiger partial charge in [-0.2, -0.15) is 13.2 Å². The highest BCUT2D eigenvalue weighted by atomic mass is 19.4. The Morgan fingerprint density at radius 1 is 1.21 bits per heavy atom. The first-order valence-corrected chi connectivity index (χ1v) is 6.88. The predicted octanol–water partition coefficient (Wildman–Crippen LogP) is 2.61. The second kappa shape index (κ2) is 7.12.